The number of hydrogen-bond acceptors (Lipinski definition) is 4. The zero-order valence-electron chi connectivity index (χ0n) is 12.6. The number of fused-ring (bicyclic) bond motifs is 1. The highest BCUT2D eigenvalue weighted by Crippen LogP contribution is 2.08. The second kappa shape index (κ2) is 7.73. The van der Waals surface area contributed by atoms with Crippen LogP contribution in [-0.2, 0) is 16.1 Å². The summed E-state index contributed by atoms with van der Waals surface area (Å²) >= 11 is 0. The number of ether oxygens (including phenoxy) is 1. The number of nitrogens with zero attached hydrogens (tertiary/aromatic N) is 3. The summed E-state index contributed by atoms with van der Waals surface area (Å²) in [5, 5.41) is 10.9. The standard InChI is InChI=1S/C15H22N4O2/c1-12(2)11-21-9-5-8-16-15(20)10-19-14-7-4-3-6-13(14)17-18-19/h3-4,6-7,12H,5,8-11H2,1-2H3,(H,16,20). The monoisotopic (exact) mass is 290 g/mol. The minimum absolute atomic E-state index is 0.0606. The number of amides is 1. The average molecular weight is 290 g/mol. The summed E-state index contributed by atoms with van der Waals surface area (Å²) < 4.78 is 7.07. The van der Waals surface area contributed by atoms with E-state index in [0.717, 1.165) is 24.1 Å². The maximum absolute atomic E-state index is 11.9. The molecule has 0 radical (unpaired) electrons. The molecular weight excluding hydrogens is 268 g/mol. The number of benzene rings is 1. The van der Waals surface area contributed by atoms with E-state index in [1.807, 2.05) is 24.3 Å². The Labute approximate surface area is 124 Å². The molecule has 1 aromatic carbocycles. The SMILES string of the molecule is CC(C)COCCCNC(=O)Cn1nnc2ccccc21. The van der Waals surface area contributed by atoms with Crippen molar-refractivity contribution in [3.63, 3.8) is 0 Å². The molecule has 6 nitrogen and oxygen atoms in total. The topological polar surface area (TPSA) is 69.0 Å². The number of rotatable bonds is 8. The third-order valence-electron chi connectivity index (χ3n) is 2.95. The molecule has 21 heavy (non-hydrogen) atoms. The molecule has 0 saturated carbocycles. The zero-order chi connectivity index (χ0) is 15.1. The zero-order valence-corrected chi connectivity index (χ0v) is 12.6. The van der Waals surface area contributed by atoms with Crippen LogP contribution >= 0.6 is 0 Å². The van der Waals surface area contributed by atoms with Crippen LogP contribution in [0.1, 0.15) is 20.3 Å². The lowest BCUT2D eigenvalue weighted by Gasteiger charge is -2.08. The van der Waals surface area contributed by atoms with Crippen LogP contribution in [0, 0.1) is 5.92 Å². The van der Waals surface area contributed by atoms with Gasteiger partial charge in [-0.1, -0.05) is 31.2 Å². The highest BCUT2D eigenvalue weighted by atomic mass is 16.5. The van der Waals surface area contributed by atoms with Gasteiger partial charge in [0.1, 0.15) is 12.1 Å². The molecule has 0 saturated heterocycles. The molecule has 0 spiro atoms. The Hall–Kier alpha value is -1.95. The molecule has 114 valence electrons. The minimum Gasteiger partial charge on any atom is -0.381 e. The maximum atomic E-state index is 11.9. The number of para-hydroxylation sites is 1. The lowest BCUT2D eigenvalue weighted by atomic mass is 10.2. The van der Waals surface area contributed by atoms with Gasteiger partial charge in [-0.3, -0.25) is 4.79 Å². The predicted octanol–water partition coefficient (Wildman–Crippen LogP) is 1.61. The van der Waals surface area contributed by atoms with Gasteiger partial charge < -0.3 is 10.1 Å². The molecule has 6 heteroatoms. The second-order valence-electron chi connectivity index (χ2n) is 5.41. The molecule has 0 fully saturated rings. The fourth-order valence-corrected chi connectivity index (χ4v) is 1.95. The van der Waals surface area contributed by atoms with E-state index in [1.54, 1.807) is 4.68 Å². The van der Waals surface area contributed by atoms with Crippen LogP contribution < -0.4 is 5.32 Å². The van der Waals surface area contributed by atoms with Crippen LogP contribution in [-0.4, -0.2) is 40.7 Å². The van der Waals surface area contributed by atoms with Crippen LogP contribution in [0.5, 0.6) is 0 Å². The summed E-state index contributed by atoms with van der Waals surface area (Å²) in [6.07, 6.45) is 0.816. The van der Waals surface area contributed by atoms with Crippen molar-refractivity contribution in [2.75, 3.05) is 19.8 Å². The Bertz CT molecular complexity index is 580. The van der Waals surface area contributed by atoms with E-state index >= 15 is 0 Å². The minimum atomic E-state index is -0.0606. The molecule has 0 aliphatic carbocycles. The van der Waals surface area contributed by atoms with Gasteiger partial charge in [-0.25, -0.2) is 4.68 Å². The number of carbonyl (C=O) groups excluding carboxylic acids is 1. The summed E-state index contributed by atoms with van der Waals surface area (Å²) in [6, 6.07) is 7.59. The van der Waals surface area contributed by atoms with Gasteiger partial charge in [0.25, 0.3) is 0 Å². The Balaban J connectivity index is 1.70. The van der Waals surface area contributed by atoms with Crippen molar-refractivity contribution in [2.45, 2.75) is 26.8 Å². The van der Waals surface area contributed by atoms with Crippen molar-refractivity contribution < 1.29 is 9.53 Å². The molecule has 1 aromatic heterocycles. The van der Waals surface area contributed by atoms with Gasteiger partial charge >= 0.3 is 0 Å². The van der Waals surface area contributed by atoms with Crippen molar-refractivity contribution in [3.05, 3.63) is 24.3 Å². The first-order chi connectivity index (χ1) is 10.2. The van der Waals surface area contributed by atoms with E-state index in [4.69, 9.17) is 4.74 Å². The van der Waals surface area contributed by atoms with Crippen LogP contribution in [0.4, 0.5) is 0 Å². The van der Waals surface area contributed by atoms with Crippen LogP contribution in [0.25, 0.3) is 11.0 Å². The summed E-state index contributed by atoms with van der Waals surface area (Å²) in [6.45, 7) is 6.47. The highest BCUT2D eigenvalue weighted by Gasteiger charge is 2.07. The fourth-order valence-electron chi connectivity index (χ4n) is 1.95. The van der Waals surface area contributed by atoms with Gasteiger partial charge in [0, 0.05) is 19.8 Å². The van der Waals surface area contributed by atoms with Gasteiger partial charge in [-0.15, -0.1) is 5.10 Å². The summed E-state index contributed by atoms with van der Waals surface area (Å²) in [7, 11) is 0. The Morgan fingerprint density at radius 3 is 3.00 bits per heavy atom. The Kier molecular flexibility index (Phi) is 5.68. The largest absolute Gasteiger partial charge is 0.381 e. The van der Waals surface area contributed by atoms with Crippen molar-refractivity contribution in [3.8, 4) is 0 Å². The van der Waals surface area contributed by atoms with Crippen LogP contribution in [0.15, 0.2) is 24.3 Å². The first-order valence-electron chi connectivity index (χ1n) is 7.29. The van der Waals surface area contributed by atoms with Crippen molar-refractivity contribution in [1.29, 1.82) is 0 Å². The van der Waals surface area contributed by atoms with Crippen LogP contribution in [0.2, 0.25) is 0 Å². The van der Waals surface area contributed by atoms with Gasteiger partial charge in [-0.05, 0) is 24.5 Å². The molecule has 0 atom stereocenters. The smallest absolute Gasteiger partial charge is 0.241 e. The summed E-state index contributed by atoms with van der Waals surface area (Å²) in [4.78, 5) is 11.9. The van der Waals surface area contributed by atoms with Gasteiger partial charge in [0.15, 0.2) is 0 Å². The van der Waals surface area contributed by atoms with E-state index in [2.05, 4.69) is 29.5 Å². The van der Waals surface area contributed by atoms with Crippen LogP contribution in [0.3, 0.4) is 0 Å². The van der Waals surface area contributed by atoms with Gasteiger partial charge in [0.05, 0.1) is 5.52 Å². The molecule has 0 bridgehead atoms. The molecular formula is C15H22N4O2. The number of nitrogens with one attached hydrogen (secondary N) is 1. The third kappa shape index (κ3) is 4.82. The summed E-state index contributed by atoms with van der Waals surface area (Å²) in [5.74, 6) is 0.481. The number of carbonyl (C=O) groups is 1. The van der Waals surface area contributed by atoms with Crippen molar-refractivity contribution >= 4 is 16.9 Å². The first-order valence-corrected chi connectivity index (χ1v) is 7.29. The lowest BCUT2D eigenvalue weighted by molar-refractivity contribution is -0.121. The quantitative estimate of drug-likeness (QED) is 0.750. The van der Waals surface area contributed by atoms with E-state index in [1.165, 1.54) is 0 Å². The van der Waals surface area contributed by atoms with E-state index in [0.29, 0.717) is 19.1 Å². The average Bonchev–Trinajstić information content (AvgIpc) is 2.86. The predicted molar refractivity (Wildman–Crippen MR) is 80.8 cm³/mol. The molecule has 1 N–H and O–H groups in total. The normalized spacial score (nSPS) is 11.2. The van der Waals surface area contributed by atoms with E-state index < -0.39 is 0 Å². The number of aromatic nitrogens is 3. The Morgan fingerprint density at radius 2 is 2.19 bits per heavy atom. The maximum Gasteiger partial charge on any atom is 0.241 e. The molecule has 0 unspecified atom stereocenters. The second-order valence-corrected chi connectivity index (χ2v) is 5.41. The molecule has 0 aliphatic rings. The molecule has 1 amide bonds. The third-order valence-corrected chi connectivity index (χ3v) is 2.95. The van der Waals surface area contributed by atoms with E-state index in [-0.39, 0.29) is 12.5 Å². The molecule has 1 heterocycles. The van der Waals surface area contributed by atoms with Gasteiger partial charge in [0.2, 0.25) is 5.91 Å². The van der Waals surface area contributed by atoms with Crippen molar-refractivity contribution in [1.82, 2.24) is 20.3 Å². The lowest BCUT2D eigenvalue weighted by Crippen LogP contribution is -2.29. The molecule has 2 aromatic rings. The van der Waals surface area contributed by atoms with Crippen molar-refractivity contribution in [2.24, 2.45) is 5.92 Å². The fraction of sp³-hybridized carbons (Fsp3) is 0.533. The Morgan fingerprint density at radius 1 is 1.38 bits per heavy atom. The highest BCUT2D eigenvalue weighted by molar-refractivity contribution is 5.79. The molecule has 0 aliphatic heterocycles. The van der Waals surface area contributed by atoms with E-state index in [9.17, 15) is 4.79 Å². The van der Waals surface area contributed by atoms with Gasteiger partial charge in [-0.2, -0.15) is 0 Å². The number of hydrogen-bond donors (Lipinski definition) is 1. The summed E-state index contributed by atoms with van der Waals surface area (Å²) in [5.41, 5.74) is 1.67. The molecule has 2 rings (SSSR count). The first kappa shape index (κ1) is 15.4.